The first-order chi connectivity index (χ1) is 12.0. The first-order valence-electron chi connectivity index (χ1n) is 10.7. The van der Waals surface area contributed by atoms with E-state index in [-0.39, 0.29) is 12.5 Å². The van der Waals surface area contributed by atoms with E-state index in [0.717, 1.165) is 49.8 Å². The van der Waals surface area contributed by atoms with Gasteiger partial charge in [-0.25, -0.2) is 0 Å². The summed E-state index contributed by atoms with van der Waals surface area (Å²) in [5, 5.41) is 19.8. The molecule has 0 bridgehead atoms. The number of carboxylic acid groups (broad SMARTS) is 1. The van der Waals surface area contributed by atoms with Crippen molar-refractivity contribution in [3.63, 3.8) is 0 Å². The van der Waals surface area contributed by atoms with E-state index in [1.165, 1.54) is 44.9 Å². The summed E-state index contributed by atoms with van der Waals surface area (Å²) >= 11 is 0. The van der Waals surface area contributed by atoms with Crippen LogP contribution in [0.4, 0.5) is 0 Å². The van der Waals surface area contributed by atoms with Crippen LogP contribution in [0, 0.1) is 0 Å². The van der Waals surface area contributed by atoms with Crippen molar-refractivity contribution in [3.8, 4) is 0 Å². The molecule has 0 aliphatic rings. The average molecular weight is 359 g/mol. The van der Waals surface area contributed by atoms with Crippen LogP contribution in [-0.2, 0) is 4.79 Å². The van der Waals surface area contributed by atoms with Crippen LogP contribution in [0.5, 0.6) is 0 Å². The predicted octanol–water partition coefficient (Wildman–Crippen LogP) is 4.99. The Morgan fingerprint density at radius 1 is 0.800 bits per heavy atom. The molecular weight excluding hydrogens is 314 g/mol. The monoisotopic (exact) mass is 358 g/mol. The number of aliphatic hydroxyl groups is 1. The molecular formula is C21H44NO3+. The molecule has 150 valence electrons. The van der Waals surface area contributed by atoms with E-state index < -0.39 is 5.97 Å². The number of aliphatic carboxylic acids is 1. The summed E-state index contributed by atoms with van der Waals surface area (Å²) in [6.45, 7) is 10.0. The largest absolute Gasteiger partial charge is 0.481 e. The zero-order chi connectivity index (χ0) is 19.0. The van der Waals surface area contributed by atoms with Crippen molar-refractivity contribution in [2.24, 2.45) is 0 Å². The second kappa shape index (κ2) is 15.6. The third kappa shape index (κ3) is 13.3. The molecule has 0 saturated carbocycles. The first kappa shape index (κ1) is 24.4. The zero-order valence-corrected chi connectivity index (χ0v) is 17.1. The molecule has 25 heavy (non-hydrogen) atoms. The van der Waals surface area contributed by atoms with Crippen molar-refractivity contribution < 1.29 is 19.5 Å². The maximum atomic E-state index is 11.2. The summed E-state index contributed by atoms with van der Waals surface area (Å²) in [4.78, 5) is 11.2. The van der Waals surface area contributed by atoms with Crippen molar-refractivity contribution >= 4 is 5.97 Å². The van der Waals surface area contributed by atoms with Gasteiger partial charge < -0.3 is 14.7 Å². The van der Waals surface area contributed by atoms with Gasteiger partial charge in [-0.2, -0.15) is 0 Å². The first-order valence-corrected chi connectivity index (χ1v) is 10.7. The summed E-state index contributed by atoms with van der Waals surface area (Å²) in [7, 11) is 0. The molecule has 0 radical (unpaired) electrons. The van der Waals surface area contributed by atoms with Crippen LogP contribution >= 0.6 is 0 Å². The van der Waals surface area contributed by atoms with Gasteiger partial charge in [0.25, 0.3) is 0 Å². The van der Waals surface area contributed by atoms with Crippen molar-refractivity contribution in [1.82, 2.24) is 0 Å². The lowest BCUT2D eigenvalue weighted by Crippen LogP contribution is -2.54. The molecule has 0 aromatic heterocycles. The number of rotatable bonds is 18. The van der Waals surface area contributed by atoms with Crippen LogP contribution in [-0.4, -0.2) is 52.9 Å². The highest BCUT2D eigenvalue weighted by Gasteiger charge is 2.30. The average Bonchev–Trinajstić information content (AvgIpc) is 2.57. The SMILES string of the molecule is CCCCCCC(O)C[N+](CCCCC)(CCCCC)CCC(=O)O. The maximum absolute atomic E-state index is 11.2. The smallest absolute Gasteiger partial charge is 0.309 e. The molecule has 2 N–H and O–H groups in total. The van der Waals surface area contributed by atoms with Gasteiger partial charge >= 0.3 is 5.97 Å². The zero-order valence-electron chi connectivity index (χ0n) is 17.1. The standard InChI is InChI=1S/C21H43NO3/c1-4-7-10-11-14-20(23)19-22(16-12-8-5-2,17-13-9-6-3)18-15-21(24)25/h20,23H,4-19H2,1-3H3/p+1. The normalized spacial score (nSPS) is 13.1. The van der Waals surface area contributed by atoms with Gasteiger partial charge in [0.2, 0.25) is 0 Å². The second-order valence-corrected chi connectivity index (χ2v) is 7.76. The van der Waals surface area contributed by atoms with Gasteiger partial charge in [0.05, 0.1) is 26.1 Å². The minimum Gasteiger partial charge on any atom is -0.481 e. The third-order valence-electron chi connectivity index (χ3n) is 5.26. The van der Waals surface area contributed by atoms with Gasteiger partial charge in [0.15, 0.2) is 0 Å². The highest BCUT2D eigenvalue weighted by atomic mass is 16.4. The number of hydrogen-bond acceptors (Lipinski definition) is 2. The maximum Gasteiger partial charge on any atom is 0.309 e. The Kier molecular flexibility index (Phi) is 15.2. The van der Waals surface area contributed by atoms with E-state index in [9.17, 15) is 15.0 Å². The Hall–Kier alpha value is -0.610. The molecule has 0 rings (SSSR count). The molecule has 0 aliphatic carbocycles. The van der Waals surface area contributed by atoms with E-state index >= 15 is 0 Å². The van der Waals surface area contributed by atoms with Gasteiger partial charge in [-0.05, 0) is 32.1 Å². The lowest BCUT2D eigenvalue weighted by Gasteiger charge is -2.40. The highest BCUT2D eigenvalue weighted by Crippen LogP contribution is 2.18. The van der Waals surface area contributed by atoms with Crippen molar-refractivity contribution in [1.29, 1.82) is 0 Å². The van der Waals surface area contributed by atoms with Crippen molar-refractivity contribution in [2.75, 3.05) is 26.2 Å². The van der Waals surface area contributed by atoms with Crippen LogP contribution < -0.4 is 0 Å². The topological polar surface area (TPSA) is 57.5 Å². The fourth-order valence-corrected chi connectivity index (χ4v) is 3.68. The molecule has 0 aromatic carbocycles. The third-order valence-corrected chi connectivity index (χ3v) is 5.26. The molecule has 1 unspecified atom stereocenters. The van der Waals surface area contributed by atoms with Crippen molar-refractivity contribution in [2.45, 2.75) is 104 Å². The molecule has 0 aromatic rings. The Labute approximate surface area is 156 Å². The Morgan fingerprint density at radius 2 is 1.32 bits per heavy atom. The summed E-state index contributed by atoms with van der Waals surface area (Å²) in [5.74, 6) is -0.717. The Morgan fingerprint density at radius 3 is 1.80 bits per heavy atom. The fraction of sp³-hybridized carbons (Fsp3) is 0.952. The molecule has 0 aliphatic heterocycles. The number of aliphatic hydroxyl groups excluding tert-OH is 1. The second-order valence-electron chi connectivity index (χ2n) is 7.76. The van der Waals surface area contributed by atoms with Gasteiger partial charge in [-0.3, -0.25) is 4.79 Å². The molecule has 0 amide bonds. The van der Waals surface area contributed by atoms with E-state index in [0.29, 0.717) is 6.54 Å². The van der Waals surface area contributed by atoms with Crippen LogP contribution in [0.15, 0.2) is 0 Å². The number of hydrogen-bond donors (Lipinski definition) is 2. The predicted molar refractivity (Wildman–Crippen MR) is 106 cm³/mol. The number of carbonyl (C=O) groups is 1. The highest BCUT2D eigenvalue weighted by molar-refractivity contribution is 5.66. The molecule has 0 fully saturated rings. The van der Waals surface area contributed by atoms with E-state index in [1.54, 1.807) is 0 Å². The quantitative estimate of drug-likeness (QED) is 0.268. The van der Waals surface area contributed by atoms with Crippen molar-refractivity contribution in [3.05, 3.63) is 0 Å². The van der Waals surface area contributed by atoms with Crippen LogP contribution in [0.25, 0.3) is 0 Å². The molecule has 4 heteroatoms. The van der Waals surface area contributed by atoms with Gasteiger partial charge in [0.1, 0.15) is 12.6 Å². The summed E-state index contributed by atoms with van der Waals surface area (Å²) in [6.07, 6.45) is 12.5. The van der Waals surface area contributed by atoms with Crippen LogP contribution in [0.2, 0.25) is 0 Å². The summed E-state index contributed by atoms with van der Waals surface area (Å²) < 4.78 is 0.793. The molecule has 1 atom stereocenters. The summed E-state index contributed by atoms with van der Waals surface area (Å²) in [6, 6.07) is 0. The van der Waals surface area contributed by atoms with Crippen LogP contribution in [0.1, 0.15) is 97.8 Å². The lowest BCUT2D eigenvalue weighted by atomic mass is 10.1. The molecule has 0 saturated heterocycles. The minimum absolute atomic E-state index is 0.209. The Balaban J connectivity index is 4.81. The number of quaternary nitrogens is 1. The lowest BCUT2D eigenvalue weighted by molar-refractivity contribution is -0.931. The van der Waals surface area contributed by atoms with E-state index in [1.807, 2.05) is 0 Å². The van der Waals surface area contributed by atoms with Gasteiger partial charge in [-0.1, -0.05) is 59.3 Å². The summed E-state index contributed by atoms with van der Waals surface area (Å²) in [5.41, 5.74) is 0. The minimum atomic E-state index is -0.717. The Bertz CT molecular complexity index is 310. The molecule has 0 spiro atoms. The van der Waals surface area contributed by atoms with Crippen LogP contribution in [0.3, 0.4) is 0 Å². The van der Waals surface area contributed by atoms with Gasteiger partial charge in [-0.15, -0.1) is 0 Å². The van der Waals surface area contributed by atoms with E-state index in [4.69, 9.17) is 0 Å². The molecule has 0 heterocycles. The number of nitrogens with zero attached hydrogens (tertiary/aromatic N) is 1. The van der Waals surface area contributed by atoms with Gasteiger partial charge in [0, 0.05) is 0 Å². The molecule has 4 nitrogen and oxygen atoms in total. The number of carboxylic acids is 1. The number of unbranched alkanes of at least 4 members (excludes halogenated alkanes) is 7. The van der Waals surface area contributed by atoms with E-state index in [2.05, 4.69) is 20.8 Å². The fourth-order valence-electron chi connectivity index (χ4n) is 3.68.